The molecule has 1 aliphatic heterocycles. The zero-order chi connectivity index (χ0) is 15.4. The topological polar surface area (TPSA) is 75.6 Å². The second kappa shape index (κ2) is 6.70. The molecule has 0 spiro atoms. The number of aliphatic carboxylic acids is 1. The van der Waals surface area contributed by atoms with Crippen molar-refractivity contribution in [2.45, 2.75) is 58.1 Å². The van der Waals surface area contributed by atoms with Gasteiger partial charge in [0.05, 0.1) is 12.0 Å². The lowest BCUT2D eigenvalue weighted by Gasteiger charge is -2.39. The number of carboxylic acids is 1. The molecule has 0 aromatic carbocycles. The Morgan fingerprint density at radius 2 is 2.00 bits per heavy atom. The number of alkyl carbamates (subject to hydrolysis) is 1. The highest BCUT2D eigenvalue weighted by Gasteiger charge is 2.39. The number of hydrogen-bond acceptors (Lipinski definition) is 4. The molecule has 20 heavy (non-hydrogen) atoms. The molecule has 0 aliphatic carbocycles. The molecule has 0 saturated carbocycles. The highest BCUT2D eigenvalue weighted by molar-refractivity contribution is 7.99. The number of carboxylic acid groups (broad SMARTS) is 1. The molecular formula is C14H25NO4S. The van der Waals surface area contributed by atoms with Crippen molar-refractivity contribution in [1.29, 1.82) is 0 Å². The molecule has 0 bridgehead atoms. The van der Waals surface area contributed by atoms with Gasteiger partial charge in [-0.05, 0) is 58.0 Å². The van der Waals surface area contributed by atoms with Gasteiger partial charge in [0, 0.05) is 0 Å². The van der Waals surface area contributed by atoms with Crippen LogP contribution in [0.1, 0.15) is 47.0 Å². The van der Waals surface area contributed by atoms with E-state index in [9.17, 15) is 9.59 Å². The number of rotatable bonds is 4. The van der Waals surface area contributed by atoms with Crippen LogP contribution in [0.15, 0.2) is 0 Å². The first-order valence-electron chi connectivity index (χ1n) is 6.93. The smallest absolute Gasteiger partial charge is 0.408 e. The van der Waals surface area contributed by atoms with Crippen molar-refractivity contribution in [2.75, 3.05) is 11.5 Å². The lowest BCUT2D eigenvalue weighted by molar-refractivity contribution is -0.139. The molecule has 5 nitrogen and oxygen atoms in total. The molecule has 2 atom stereocenters. The average molecular weight is 303 g/mol. The molecular weight excluding hydrogens is 278 g/mol. The van der Waals surface area contributed by atoms with Crippen molar-refractivity contribution >= 4 is 23.8 Å². The van der Waals surface area contributed by atoms with Gasteiger partial charge < -0.3 is 15.2 Å². The van der Waals surface area contributed by atoms with Crippen LogP contribution in [0.25, 0.3) is 0 Å². The summed E-state index contributed by atoms with van der Waals surface area (Å²) >= 11 is 1.81. The maximum atomic E-state index is 12.0. The first-order chi connectivity index (χ1) is 9.12. The number of nitrogens with one attached hydrogen (secondary N) is 1. The fourth-order valence-corrected chi connectivity index (χ4v) is 3.74. The molecule has 0 aromatic rings. The standard InChI is InChI=1S/C14H25NO4S/c1-13(2,3)19-12(18)15-14(4,8-11(16)17)10-6-5-7-20-9-10/h10H,5-9H2,1-4H3,(H,15,18)(H,16,17). The van der Waals surface area contributed by atoms with Crippen LogP contribution in [0.3, 0.4) is 0 Å². The van der Waals surface area contributed by atoms with E-state index in [0.29, 0.717) is 0 Å². The van der Waals surface area contributed by atoms with Crippen LogP contribution >= 0.6 is 11.8 Å². The van der Waals surface area contributed by atoms with E-state index in [4.69, 9.17) is 9.84 Å². The zero-order valence-corrected chi connectivity index (χ0v) is 13.5. The maximum Gasteiger partial charge on any atom is 0.408 e. The van der Waals surface area contributed by atoms with Gasteiger partial charge in [-0.2, -0.15) is 11.8 Å². The Kier molecular flexibility index (Phi) is 5.74. The van der Waals surface area contributed by atoms with Gasteiger partial charge in [-0.25, -0.2) is 4.79 Å². The molecule has 2 unspecified atom stereocenters. The van der Waals surface area contributed by atoms with E-state index in [1.165, 1.54) is 0 Å². The van der Waals surface area contributed by atoms with Gasteiger partial charge in [-0.15, -0.1) is 0 Å². The number of ether oxygens (including phenoxy) is 1. The number of carbonyl (C=O) groups is 2. The molecule has 1 fully saturated rings. The molecule has 116 valence electrons. The molecule has 0 radical (unpaired) electrons. The van der Waals surface area contributed by atoms with Gasteiger partial charge in [-0.1, -0.05) is 0 Å². The molecule has 1 rings (SSSR count). The van der Waals surface area contributed by atoms with Crippen molar-refractivity contribution in [3.8, 4) is 0 Å². The average Bonchev–Trinajstić information content (AvgIpc) is 2.26. The molecule has 1 aliphatic rings. The Morgan fingerprint density at radius 1 is 1.35 bits per heavy atom. The van der Waals surface area contributed by atoms with Crippen molar-refractivity contribution in [2.24, 2.45) is 5.92 Å². The minimum Gasteiger partial charge on any atom is -0.481 e. The van der Waals surface area contributed by atoms with E-state index in [0.717, 1.165) is 24.3 Å². The van der Waals surface area contributed by atoms with E-state index in [1.54, 1.807) is 20.8 Å². The van der Waals surface area contributed by atoms with Gasteiger partial charge in [0.25, 0.3) is 0 Å². The number of thioether (sulfide) groups is 1. The summed E-state index contributed by atoms with van der Waals surface area (Å²) in [6.45, 7) is 7.17. The van der Waals surface area contributed by atoms with Crippen molar-refractivity contribution in [1.82, 2.24) is 5.32 Å². The van der Waals surface area contributed by atoms with Gasteiger partial charge in [0.15, 0.2) is 0 Å². The number of amides is 1. The minimum atomic E-state index is -0.904. The Morgan fingerprint density at radius 3 is 2.45 bits per heavy atom. The Hall–Kier alpha value is -0.910. The lowest BCUT2D eigenvalue weighted by atomic mass is 9.81. The molecule has 1 amide bonds. The Bertz CT molecular complexity index is 361. The van der Waals surface area contributed by atoms with Crippen LogP contribution in [0.5, 0.6) is 0 Å². The Balaban J connectivity index is 2.76. The van der Waals surface area contributed by atoms with E-state index in [2.05, 4.69) is 5.32 Å². The van der Waals surface area contributed by atoms with Crippen molar-refractivity contribution < 1.29 is 19.4 Å². The van der Waals surface area contributed by atoms with E-state index in [1.807, 2.05) is 18.7 Å². The van der Waals surface area contributed by atoms with Gasteiger partial charge in [-0.3, -0.25) is 4.79 Å². The summed E-state index contributed by atoms with van der Waals surface area (Å²) in [5.41, 5.74) is -1.35. The monoisotopic (exact) mass is 303 g/mol. The van der Waals surface area contributed by atoms with Gasteiger partial charge in [0.1, 0.15) is 5.60 Å². The second-order valence-corrected chi connectivity index (χ2v) is 7.68. The van der Waals surface area contributed by atoms with E-state index in [-0.39, 0.29) is 12.3 Å². The number of hydrogen-bond donors (Lipinski definition) is 2. The normalized spacial score (nSPS) is 22.7. The predicted molar refractivity (Wildman–Crippen MR) is 80.1 cm³/mol. The summed E-state index contributed by atoms with van der Waals surface area (Å²) < 4.78 is 5.26. The third-order valence-electron chi connectivity index (χ3n) is 3.37. The third-order valence-corrected chi connectivity index (χ3v) is 4.58. The summed E-state index contributed by atoms with van der Waals surface area (Å²) in [5, 5.41) is 11.9. The van der Waals surface area contributed by atoms with E-state index < -0.39 is 23.2 Å². The summed E-state index contributed by atoms with van der Waals surface area (Å²) in [5.74, 6) is 1.23. The van der Waals surface area contributed by atoms with Crippen LogP contribution in [-0.4, -0.2) is 39.8 Å². The first kappa shape index (κ1) is 17.1. The van der Waals surface area contributed by atoms with Crippen LogP contribution in [0, 0.1) is 5.92 Å². The molecule has 6 heteroatoms. The number of carbonyl (C=O) groups excluding carboxylic acids is 1. The van der Waals surface area contributed by atoms with Crippen molar-refractivity contribution in [3.63, 3.8) is 0 Å². The summed E-state index contributed by atoms with van der Waals surface area (Å²) in [7, 11) is 0. The maximum absolute atomic E-state index is 12.0. The second-order valence-electron chi connectivity index (χ2n) is 6.53. The summed E-state index contributed by atoms with van der Waals surface area (Å²) in [6.07, 6.45) is 1.36. The van der Waals surface area contributed by atoms with Crippen LogP contribution < -0.4 is 5.32 Å². The first-order valence-corrected chi connectivity index (χ1v) is 8.08. The minimum absolute atomic E-state index is 0.0858. The molecule has 1 saturated heterocycles. The van der Waals surface area contributed by atoms with Crippen LogP contribution in [0.2, 0.25) is 0 Å². The molecule has 0 aromatic heterocycles. The van der Waals surface area contributed by atoms with Crippen LogP contribution in [-0.2, 0) is 9.53 Å². The van der Waals surface area contributed by atoms with Gasteiger partial charge in [0.2, 0.25) is 0 Å². The molecule has 1 heterocycles. The fraction of sp³-hybridized carbons (Fsp3) is 0.857. The highest BCUT2D eigenvalue weighted by Crippen LogP contribution is 2.33. The van der Waals surface area contributed by atoms with E-state index >= 15 is 0 Å². The molecule has 2 N–H and O–H groups in total. The van der Waals surface area contributed by atoms with Crippen LogP contribution in [0.4, 0.5) is 4.79 Å². The summed E-state index contributed by atoms with van der Waals surface area (Å²) in [4.78, 5) is 23.1. The predicted octanol–water partition coefficient (Wildman–Crippen LogP) is 2.89. The van der Waals surface area contributed by atoms with Crippen molar-refractivity contribution in [3.05, 3.63) is 0 Å². The van der Waals surface area contributed by atoms with Gasteiger partial charge >= 0.3 is 12.1 Å². The Labute approximate surface area is 124 Å². The highest BCUT2D eigenvalue weighted by atomic mass is 32.2. The fourth-order valence-electron chi connectivity index (χ4n) is 2.38. The quantitative estimate of drug-likeness (QED) is 0.835. The summed E-state index contributed by atoms with van der Waals surface area (Å²) in [6, 6.07) is 0. The largest absolute Gasteiger partial charge is 0.481 e. The zero-order valence-electron chi connectivity index (χ0n) is 12.7. The third kappa shape index (κ3) is 5.61. The lowest BCUT2D eigenvalue weighted by Crippen LogP contribution is -2.55. The SMILES string of the molecule is CC(C)(C)OC(=O)NC(C)(CC(=O)O)C1CCCSC1.